The van der Waals surface area contributed by atoms with Crippen LogP contribution in [0, 0.1) is 9.39 Å². The van der Waals surface area contributed by atoms with Gasteiger partial charge in [0.1, 0.15) is 5.75 Å². The Morgan fingerprint density at radius 2 is 1.75 bits per heavy atom. The second kappa shape index (κ2) is 6.21. The summed E-state index contributed by atoms with van der Waals surface area (Å²) in [5.41, 5.74) is 5.60. The number of halogens is 4. The molecule has 2 aromatic rings. The Balaban J connectivity index is 2.34. The molecule has 0 aliphatic carbocycles. The van der Waals surface area contributed by atoms with Crippen molar-refractivity contribution in [3.05, 3.63) is 45.8 Å². The Morgan fingerprint density at radius 3 is 2.40 bits per heavy atom. The van der Waals surface area contributed by atoms with E-state index in [-0.39, 0.29) is 11.4 Å². The molecule has 0 radical (unpaired) electrons. The molecule has 0 aliphatic rings. The van der Waals surface area contributed by atoms with E-state index in [0.29, 0.717) is 5.75 Å². The van der Waals surface area contributed by atoms with Gasteiger partial charge < -0.3 is 15.2 Å². The number of ether oxygens (including phenoxy) is 2. The van der Waals surface area contributed by atoms with Crippen molar-refractivity contribution < 1.29 is 22.6 Å². The van der Waals surface area contributed by atoms with Gasteiger partial charge in [-0.25, -0.2) is 4.39 Å². The molecule has 0 amide bonds. The number of rotatable bonds is 4. The summed E-state index contributed by atoms with van der Waals surface area (Å²) in [5.74, 6) is -1.06. The SMILES string of the molecule is Nc1cc(F)c(OC(F)F)cc1Oc1ccccc1I. The van der Waals surface area contributed by atoms with Gasteiger partial charge in [0.25, 0.3) is 0 Å². The van der Waals surface area contributed by atoms with Crippen molar-refractivity contribution >= 4 is 28.3 Å². The number of anilines is 1. The average molecular weight is 395 g/mol. The van der Waals surface area contributed by atoms with Crippen LogP contribution in [0.3, 0.4) is 0 Å². The van der Waals surface area contributed by atoms with Crippen LogP contribution in [-0.4, -0.2) is 6.61 Å². The van der Waals surface area contributed by atoms with Crippen molar-refractivity contribution in [2.75, 3.05) is 5.73 Å². The van der Waals surface area contributed by atoms with Gasteiger partial charge in [0.15, 0.2) is 17.3 Å². The Kier molecular flexibility index (Phi) is 4.58. The van der Waals surface area contributed by atoms with Crippen LogP contribution >= 0.6 is 22.6 Å². The summed E-state index contributed by atoms with van der Waals surface area (Å²) in [5, 5.41) is 0. The molecule has 0 heterocycles. The van der Waals surface area contributed by atoms with E-state index in [4.69, 9.17) is 10.5 Å². The summed E-state index contributed by atoms with van der Waals surface area (Å²) in [7, 11) is 0. The molecular weight excluding hydrogens is 386 g/mol. The molecule has 0 atom stereocenters. The fourth-order valence-electron chi connectivity index (χ4n) is 1.47. The Labute approximate surface area is 126 Å². The van der Waals surface area contributed by atoms with E-state index < -0.39 is 18.2 Å². The predicted octanol–water partition coefficient (Wildman–Crippen LogP) is 4.41. The predicted molar refractivity (Wildman–Crippen MR) is 76.7 cm³/mol. The highest BCUT2D eigenvalue weighted by Gasteiger charge is 2.15. The fraction of sp³-hybridized carbons (Fsp3) is 0.0769. The molecule has 106 valence electrons. The lowest BCUT2D eigenvalue weighted by Crippen LogP contribution is -2.05. The summed E-state index contributed by atoms with van der Waals surface area (Å²) in [6, 6.07) is 8.91. The van der Waals surface area contributed by atoms with Gasteiger partial charge in [-0.1, -0.05) is 12.1 Å². The maximum atomic E-state index is 13.4. The Morgan fingerprint density at radius 1 is 1.05 bits per heavy atom. The molecule has 2 aromatic carbocycles. The topological polar surface area (TPSA) is 44.5 Å². The van der Waals surface area contributed by atoms with Crippen molar-refractivity contribution in [1.82, 2.24) is 0 Å². The van der Waals surface area contributed by atoms with Gasteiger partial charge in [-0.15, -0.1) is 0 Å². The highest BCUT2D eigenvalue weighted by Crippen LogP contribution is 2.35. The van der Waals surface area contributed by atoms with E-state index in [1.165, 1.54) is 0 Å². The second-order valence-electron chi connectivity index (χ2n) is 3.73. The van der Waals surface area contributed by atoms with Crippen LogP contribution in [0.25, 0.3) is 0 Å². The minimum Gasteiger partial charge on any atom is -0.454 e. The van der Waals surface area contributed by atoms with Crippen LogP contribution in [0.5, 0.6) is 17.2 Å². The number of nitrogen functional groups attached to an aromatic ring is 1. The van der Waals surface area contributed by atoms with E-state index in [0.717, 1.165) is 15.7 Å². The molecule has 0 fully saturated rings. The van der Waals surface area contributed by atoms with Crippen molar-refractivity contribution in [2.24, 2.45) is 0 Å². The molecule has 2 rings (SSSR count). The fourth-order valence-corrected chi connectivity index (χ4v) is 1.97. The molecule has 7 heteroatoms. The van der Waals surface area contributed by atoms with E-state index in [1.807, 2.05) is 28.7 Å². The largest absolute Gasteiger partial charge is 0.454 e. The first kappa shape index (κ1) is 14.8. The van der Waals surface area contributed by atoms with Gasteiger partial charge in [0, 0.05) is 12.1 Å². The van der Waals surface area contributed by atoms with Crippen molar-refractivity contribution in [2.45, 2.75) is 6.61 Å². The summed E-state index contributed by atoms with van der Waals surface area (Å²) in [6.45, 7) is -3.13. The van der Waals surface area contributed by atoms with Crippen LogP contribution in [0.1, 0.15) is 0 Å². The average Bonchev–Trinajstić information content (AvgIpc) is 2.37. The minimum absolute atomic E-state index is 0.0104. The van der Waals surface area contributed by atoms with Crippen molar-refractivity contribution in [3.8, 4) is 17.2 Å². The van der Waals surface area contributed by atoms with Gasteiger partial charge in [0.2, 0.25) is 0 Å². The molecule has 0 saturated carbocycles. The number of para-hydroxylation sites is 1. The zero-order valence-corrected chi connectivity index (χ0v) is 12.1. The maximum absolute atomic E-state index is 13.4. The maximum Gasteiger partial charge on any atom is 0.387 e. The normalized spacial score (nSPS) is 10.7. The summed E-state index contributed by atoms with van der Waals surface area (Å²) < 4.78 is 48.1. The first-order valence-electron chi connectivity index (χ1n) is 5.43. The Hall–Kier alpha value is -1.64. The quantitative estimate of drug-likeness (QED) is 0.617. The monoisotopic (exact) mass is 395 g/mol. The molecule has 3 nitrogen and oxygen atoms in total. The zero-order valence-electron chi connectivity index (χ0n) is 9.95. The molecular formula is C13H9F3INO2. The third-order valence-corrected chi connectivity index (χ3v) is 3.23. The van der Waals surface area contributed by atoms with Gasteiger partial charge >= 0.3 is 6.61 Å². The first-order chi connectivity index (χ1) is 9.47. The smallest absolute Gasteiger partial charge is 0.387 e. The summed E-state index contributed by atoms with van der Waals surface area (Å²) in [6.07, 6.45) is 0. The third kappa shape index (κ3) is 3.47. The molecule has 0 bridgehead atoms. The molecule has 0 saturated heterocycles. The van der Waals surface area contributed by atoms with E-state index >= 15 is 0 Å². The van der Waals surface area contributed by atoms with Gasteiger partial charge in [-0.2, -0.15) is 8.78 Å². The standard InChI is InChI=1S/C13H9F3INO2/c14-7-5-9(18)12(6-11(7)20-13(15)16)19-10-4-2-1-3-8(10)17/h1-6,13H,18H2. The molecule has 2 N–H and O–H groups in total. The highest BCUT2D eigenvalue weighted by atomic mass is 127. The number of alkyl halides is 2. The van der Waals surface area contributed by atoms with Crippen molar-refractivity contribution in [3.63, 3.8) is 0 Å². The van der Waals surface area contributed by atoms with Gasteiger partial charge in [-0.3, -0.25) is 0 Å². The van der Waals surface area contributed by atoms with Crippen LogP contribution in [0.4, 0.5) is 18.9 Å². The van der Waals surface area contributed by atoms with E-state index in [1.54, 1.807) is 18.2 Å². The van der Waals surface area contributed by atoms with E-state index in [9.17, 15) is 13.2 Å². The molecule has 0 aliphatic heterocycles. The number of hydrogen-bond acceptors (Lipinski definition) is 3. The first-order valence-corrected chi connectivity index (χ1v) is 6.51. The number of benzene rings is 2. The lowest BCUT2D eigenvalue weighted by molar-refractivity contribution is -0.0522. The van der Waals surface area contributed by atoms with Crippen LogP contribution in [0.15, 0.2) is 36.4 Å². The minimum atomic E-state index is -3.13. The second-order valence-corrected chi connectivity index (χ2v) is 4.89. The van der Waals surface area contributed by atoms with Crippen LogP contribution in [-0.2, 0) is 0 Å². The summed E-state index contributed by atoms with van der Waals surface area (Å²) in [4.78, 5) is 0. The van der Waals surface area contributed by atoms with E-state index in [2.05, 4.69) is 4.74 Å². The lowest BCUT2D eigenvalue weighted by atomic mass is 10.2. The van der Waals surface area contributed by atoms with Crippen LogP contribution in [0.2, 0.25) is 0 Å². The number of nitrogens with two attached hydrogens (primary N) is 1. The van der Waals surface area contributed by atoms with Crippen LogP contribution < -0.4 is 15.2 Å². The molecule has 20 heavy (non-hydrogen) atoms. The number of hydrogen-bond donors (Lipinski definition) is 1. The Bertz CT molecular complexity index is 623. The van der Waals surface area contributed by atoms with Crippen molar-refractivity contribution in [1.29, 1.82) is 0 Å². The summed E-state index contributed by atoms with van der Waals surface area (Å²) >= 11 is 2.04. The molecule has 0 spiro atoms. The molecule has 0 unspecified atom stereocenters. The molecule has 0 aromatic heterocycles. The van der Waals surface area contributed by atoms with Gasteiger partial charge in [-0.05, 0) is 34.7 Å². The lowest BCUT2D eigenvalue weighted by Gasteiger charge is -2.12. The highest BCUT2D eigenvalue weighted by molar-refractivity contribution is 14.1. The van der Waals surface area contributed by atoms with Gasteiger partial charge in [0.05, 0.1) is 9.26 Å². The third-order valence-electron chi connectivity index (χ3n) is 2.34. The zero-order chi connectivity index (χ0) is 14.7.